The van der Waals surface area contributed by atoms with Crippen molar-refractivity contribution in [2.45, 2.75) is 24.0 Å². The third-order valence-electron chi connectivity index (χ3n) is 3.26. The van der Waals surface area contributed by atoms with Crippen LogP contribution in [0.5, 0.6) is 5.75 Å². The molecule has 0 fully saturated rings. The molecule has 0 aliphatic heterocycles. The SMILES string of the molecule is O=S(=O)(NCc1cccc(C(F)(F)F)c1F)c1ccc(Br)cc1OC(F)(F)F. The Kier molecular flexibility index (Phi) is 6.31. The maximum atomic E-state index is 14.0. The summed E-state index contributed by atoms with van der Waals surface area (Å²) in [6, 6.07) is 4.89. The highest BCUT2D eigenvalue weighted by Crippen LogP contribution is 2.34. The van der Waals surface area contributed by atoms with E-state index < -0.39 is 56.7 Å². The van der Waals surface area contributed by atoms with Crippen LogP contribution in [0, 0.1) is 5.82 Å². The first-order valence-electron chi connectivity index (χ1n) is 7.10. The Morgan fingerprint density at radius 1 is 1.04 bits per heavy atom. The fourth-order valence-electron chi connectivity index (χ4n) is 2.09. The summed E-state index contributed by atoms with van der Waals surface area (Å²) < 4.78 is 120. The quantitative estimate of drug-likeness (QED) is 0.595. The molecule has 0 atom stereocenters. The molecule has 0 bridgehead atoms. The second-order valence-electron chi connectivity index (χ2n) is 5.24. The van der Waals surface area contributed by atoms with E-state index >= 15 is 0 Å². The Hall–Kier alpha value is -1.86. The average molecular weight is 496 g/mol. The lowest BCUT2D eigenvalue weighted by Gasteiger charge is -2.15. The van der Waals surface area contributed by atoms with Crippen LogP contribution in [-0.2, 0) is 22.7 Å². The van der Waals surface area contributed by atoms with Crippen molar-refractivity contribution < 1.29 is 43.9 Å². The number of ether oxygens (including phenoxy) is 1. The maximum absolute atomic E-state index is 14.0. The normalized spacial score (nSPS) is 12.9. The van der Waals surface area contributed by atoms with Gasteiger partial charge in [-0.05, 0) is 24.3 Å². The summed E-state index contributed by atoms with van der Waals surface area (Å²) in [6.45, 7) is -0.931. The number of sulfonamides is 1. The number of halogens is 8. The van der Waals surface area contributed by atoms with Crippen LogP contribution < -0.4 is 9.46 Å². The lowest BCUT2D eigenvalue weighted by Crippen LogP contribution is -2.26. The third-order valence-corrected chi connectivity index (χ3v) is 5.19. The molecule has 0 unspecified atom stereocenters. The molecule has 0 amide bonds. The molecular weight excluding hydrogens is 487 g/mol. The summed E-state index contributed by atoms with van der Waals surface area (Å²) in [5.41, 5.74) is -2.25. The van der Waals surface area contributed by atoms with E-state index in [1.807, 2.05) is 0 Å². The van der Waals surface area contributed by atoms with Crippen molar-refractivity contribution in [1.82, 2.24) is 4.72 Å². The van der Waals surface area contributed by atoms with E-state index in [1.165, 1.54) is 0 Å². The zero-order chi connectivity index (χ0) is 21.3. The average Bonchev–Trinajstić information content (AvgIpc) is 2.51. The Morgan fingerprint density at radius 3 is 2.25 bits per heavy atom. The summed E-state index contributed by atoms with van der Waals surface area (Å²) in [5, 5.41) is 0. The number of hydrogen-bond donors (Lipinski definition) is 1. The fourth-order valence-corrected chi connectivity index (χ4v) is 3.55. The number of rotatable bonds is 5. The van der Waals surface area contributed by atoms with Crippen molar-refractivity contribution in [1.29, 1.82) is 0 Å². The molecule has 0 aliphatic rings. The second kappa shape index (κ2) is 7.87. The van der Waals surface area contributed by atoms with Crippen LogP contribution in [0.1, 0.15) is 11.1 Å². The van der Waals surface area contributed by atoms with Gasteiger partial charge in [-0.1, -0.05) is 28.1 Å². The molecule has 0 heterocycles. The molecule has 2 aromatic carbocycles. The van der Waals surface area contributed by atoms with Crippen LogP contribution in [0.3, 0.4) is 0 Å². The van der Waals surface area contributed by atoms with Crippen molar-refractivity contribution in [3.8, 4) is 5.75 Å². The number of nitrogens with one attached hydrogen (secondary N) is 1. The fraction of sp³-hybridized carbons (Fsp3) is 0.200. The van der Waals surface area contributed by atoms with Crippen LogP contribution in [0.15, 0.2) is 45.8 Å². The van der Waals surface area contributed by atoms with Crippen molar-refractivity contribution in [3.63, 3.8) is 0 Å². The van der Waals surface area contributed by atoms with Gasteiger partial charge in [-0.15, -0.1) is 13.2 Å². The smallest absolute Gasteiger partial charge is 0.404 e. The minimum absolute atomic E-state index is 0.0784. The molecule has 28 heavy (non-hydrogen) atoms. The summed E-state index contributed by atoms with van der Waals surface area (Å²) in [6.07, 6.45) is -10.2. The highest BCUT2D eigenvalue weighted by Gasteiger charge is 2.36. The third kappa shape index (κ3) is 5.58. The first kappa shape index (κ1) is 22.4. The largest absolute Gasteiger partial charge is 0.573 e. The van der Waals surface area contributed by atoms with E-state index in [0.29, 0.717) is 6.07 Å². The molecule has 0 spiro atoms. The number of benzene rings is 2. The molecule has 4 nitrogen and oxygen atoms in total. The van der Waals surface area contributed by atoms with Gasteiger partial charge in [0.2, 0.25) is 10.0 Å². The molecular formula is C15H9BrF7NO3S. The highest BCUT2D eigenvalue weighted by atomic mass is 79.9. The molecule has 2 rings (SSSR count). The Morgan fingerprint density at radius 2 is 1.68 bits per heavy atom. The molecule has 13 heteroatoms. The van der Waals surface area contributed by atoms with Crippen molar-refractivity contribution in [3.05, 3.63) is 57.8 Å². The zero-order valence-electron chi connectivity index (χ0n) is 13.3. The molecule has 0 radical (unpaired) electrons. The maximum Gasteiger partial charge on any atom is 0.573 e. The molecule has 2 aromatic rings. The van der Waals surface area contributed by atoms with Gasteiger partial charge in [0.15, 0.2) is 5.75 Å². The van der Waals surface area contributed by atoms with Gasteiger partial charge in [-0.2, -0.15) is 13.2 Å². The monoisotopic (exact) mass is 495 g/mol. The van der Waals surface area contributed by atoms with Crippen molar-refractivity contribution >= 4 is 26.0 Å². The summed E-state index contributed by atoms with van der Waals surface area (Å²) in [4.78, 5) is -0.930. The van der Waals surface area contributed by atoms with Gasteiger partial charge in [0.05, 0.1) is 5.56 Å². The van der Waals surface area contributed by atoms with Crippen molar-refractivity contribution in [2.24, 2.45) is 0 Å². The first-order valence-corrected chi connectivity index (χ1v) is 9.38. The van der Waals surface area contributed by atoms with Crippen LogP contribution in [-0.4, -0.2) is 14.8 Å². The summed E-state index contributed by atoms with van der Waals surface area (Å²) in [5.74, 6) is -2.76. The standard InChI is InChI=1S/C15H9BrF7NO3S/c16-9-4-5-12(11(6-9)27-15(21,22)23)28(25,26)24-7-8-2-1-3-10(13(8)17)14(18,19)20/h1-6,24H,7H2. The van der Waals surface area contributed by atoms with Gasteiger partial charge in [0, 0.05) is 16.6 Å². The number of hydrogen-bond acceptors (Lipinski definition) is 3. The lowest BCUT2D eigenvalue weighted by atomic mass is 10.1. The Balaban J connectivity index is 2.34. The van der Waals surface area contributed by atoms with E-state index in [9.17, 15) is 39.2 Å². The molecule has 0 aliphatic carbocycles. The number of alkyl halides is 6. The molecule has 0 saturated heterocycles. The molecule has 0 saturated carbocycles. The van der Waals surface area contributed by atoms with Crippen LogP contribution >= 0.6 is 15.9 Å². The van der Waals surface area contributed by atoms with Gasteiger partial charge in [-0.25, -0.2) is 17.5 Å². The van der Waals surface area contributed by atoms with E-state index in [4.69, 9.17) is 0 Å². The predicted molar refractivity (Wildman–Crippen MR) is 86.3 cm³/mol. The zero-order valence-corrected chi connectivity index (χ0v) is 15.7. The van der Waals surface area contributed by atoms with Crippen LogP contribution in [0.4, 0.5) is 30.7 Å². The Labute approximate surface area is 162 Å². The summed E-state index contributed by atoms with van der Waals surface area (Å²) in [7, 11) is -4.69. The molecule has 154 valence electrons. The van der Waals surface area contributed by atoms with Gasteiger partial charge in [0.1, 0.15) is 10.7 Å². The Bertz CT molecular complexity index is 975. The van der Waals surface area contributed by atoms with Gasteiger partial charge in [0.25, 0.3) is 0 Å². The minimum Gasteiger partial charge on any atom is -0.404 e. The van der Waals surface area contributed by atoms with Crippen LogP contribution in [0.25, 0.3) is 0 Å². The lowest BCUT2D eigenvalue weighted by molar-refractivity contribution is -0.275. The predicted octanol–water partition coefficient (Wildman–Crippen LogP) is 4.98. The van der Waals surface area contributed by atoms with E-state index in [0.717, 1.165) is 30.3 Å². The van der Waals surface area contributed by atoms with E-state index in [1.54, 1.807) is 4.72 Å². The molecule has 1 N–H and O–H groups in total. The minimum atomic E-state index is -5.20. The summed E-state index contributed by atoms with van der Waals surface area (Å²) >= 11 is 2.86. The van der Waals surface area contributed by atoms with Crippen molar-refractivity contribution in [2.75, 3.05) is 0 Å². The first-order chi connectivity index (χ1) is 12.7. The molecule has 0 aromatic heterocycles. The van der Waals surface area contributed by atoms with E-state index in [2.05, 4.69) is 20.7 Å². The van der Waals surface area contributed by atoms with Crippen LogP contribution in [0.2, 0.25) is 0 Å². The van der Waals surface area contributed by atoms with E-state index in [-0.39, 0.29) is 4.47 Å². The van der Waals surface area contributed by atoms with Gasteiger partial charge < -0.3 is 4.74 Å². The topological polar surface area (TPSA) is 55.4 Å². The highest BCUT2D eigenvalue weighted by molar-refractivity contribution is 9.10. The van der Waals surface area contributed by atoms with Gasteiger partial charge in [-0.3, -0.25) is 0 Å². The van der Waals surface area contributed by atoms with Gasteiger partial charge >= 0.3 is 12.5 Å². The second-order valence-corrected chi connectivity index (χ2v) is 7.89.